The van der Waals surface area contributed by atoms with Gasteiger partial charge in [0.1, 0.15) is 11.6 Å². The number of nitrogens with one attached hydrogen (secondary N) is 1. The number of aryl methyl sites for hydroxylation is 1. The number of likely N-dealkylation sites (tertiary alicyclic amines) is 1. The molecule has 0 amide bonds. The van der Waals surface area contributed by atoms with Crippen LogP contribution in [0.3, 0.4) is 0 Å². The molecule has 6 nitrogen and oxygen atoms in total. The van der Waals surface area contributed by atoms with Crippen LogP contribution in [0.2, 0.25) is 0 Å². The van der Waals surface area contributed by atoms with Crippen LogP contribution in [0.5, 0.6) is 0 Å². The van der Waals surface area contributed by atoms with Crippen molar-refractivity contribution in [3.8, 4) is 5.69 Å². The second-order valence-electron chi connectivity index (χ2n) is 6.64. The van der Waals surface area contributed by atoms with Crippen LogP contribution in [0.4, 0.5) is 4.39 Å². The van der Waals surface area contributed by atoms with Crippen LogP contribution >= 0.6 is 24.0 Å². The van der Waals surface area contributed by atoms with Crippen LogP contribution < -0.4 is 11.1 Å². The van der Waals surface area contributed by atoms with E-state index in [-0.39, 0.29) is 29.8 Å². The number of benzene rings is 1. The van der Waals surface area contributed by atoms with Gasteiger partial charge in [-0.25, -0.2) is 14.4 Å². The Labute approximate surface area is 177 Å². The topological polar surface area (TPSA) is 71.5 Å². The third-order valence-corrected chi connectivity index (χ3v) is 4.95. The van der Waals surface area contributed by atoms with Crippen LogP contribution in [0, 0.1) is 12.7 Å². The zero-order valence-electron chi connectivity index (χ0n) is 15.9. The van der Waals surface area contributed by atoms with Crippen LogP contribution in [0.1, 0.15) is 31.2 Å². The van der Waals surface area contributed by atoms with Crippen LogP contribution in [0.15, 0.2) is 35.6 Å². The molecular formula is C19H28FIN6. The van der Waals surface area contributed by atoms with Gasteiger partial charge in [0.2, 0.25) is 0 Å². The highest BCUT2D eigenvalue weighted by Crippen LogP contribution is 2.17. The first-order valence-electron chi connectivity index (χ1n) is 9.15. The van der Waals surface area contributed by atoms with Gasteiger partial charge in [-0.05, 0) is 50.6 Å². The number of imidazole rings is 1. The van der Waals surface area contributed by atoms with Gasteiger partial charge < -0.3 is 15.6 Å². The van der Waals surface area contributed by atoms with Crippen molar-refractivity contribution in [2.75, 3.05) is 19.6 Å². The van der Waals surface area contributed by atoms with Crippen molar-refractivity contribution in [2.24, 2.45) is 10.7 Å². The van der Waals surface area contributed by atoms with E-state index < -0.39 is 0 Å². The summed E-state index contributed by atoms with van der Waals surface area (Å²) in [6, 6.07) is 5.63. The predicted molar refractivity (Wildman–Crippen MR) is 117 cm³/mol. The van der Waals surface area contributed by atoms with Crippen molar-refractivity contribution >= 4 is 29.9 Å². The Balaban J connectivity index is 0.00000261. The maximum absolute atomic E-state index is 14.4. The molecule has 8 heteroatoms. The van der Waals surface area contributed by atoms with E-state index in [2.05, 4.69) is 27.1 Å². The van der Waals surface area contributed by atoms with Gasteiger partial charge in [-0.15, -0.1) is 24.0 Å². The highest BCUT2D eigenvalue weighted by molar-refractivity contribution is 14.0. The number of hydrogen-bond acceptors (Lipinski definition) is 3. The fourth-order valence-corrected chi connectivity index (χ4v) is 3.47. The SMILES string of the molecule is CCN1CCCC1CNC(N)=NCc1ccc(-n2ccnc2C)c(F)c1.I. The summed E-state index contributed by atoms with van der Waals surface area (Å²) in [5, 5.41) is 3.19. The zero-order chi connectivity index (χ0) is 18.5. The first kappa shape index (κ1) is 21.6. The Morgan fingerprint density at radius 2 is 2.26 bits per heavy atom. The monoisotopic (exact) mass is 486 g/mol. The minimum atomic E-state index is -0.296. The van der Waals surface area contributed by atoms with E-state index in [1.54, 1.807) is 23.0 Å². The molecule has 1 aromatic heterocycles. The third kappa shape index (κ3) is 5.41. The second-order valence-corrected chi connectivity index (χ2v) is 6.64. The molecule has 1 saturated heterocycles. The van der Waals surface area contributed by atoms with Crippen molar-refractivity contribution < 1.29 is 4.39 Å². The molecule has 1 aromatic carbocycles. The lowest BCUT2D eigenvalue weighted by Gasteiger charge is -2.23. The molecule has 0 bridgehead atoms. The molecule has 2 heterocycles. The van der Waals surface area contributed by atoms with Gasteiger partial charge >= 0.3 is 0 Å². The second kappa shape index (κ2) is 10.0. The van der Waals surface area contributed by atoms with Gasteiger partial charge in [-0.1, -0.05) is 13.0 Å². The average Bonchev–Trinajstić information content (AvgIpc) is 3.26. The van der Waals surface area contributed by atoms with Crippen LogP contribution in [0.25, 0.3) is 5.69 Å². The van der Waals surface area contributed by atoms with E-state index >= 15 is 0 Å². The lowest BCUT2D eigenvalue weighted by molar-refractivity contribution is 0.267. The number of guanidine groups is 1. The Bertz CT molecular complexity index is 775. The number of aromatic nitrogens is 2. The standard InChI is InChI=1S/C19H27FN6.HI/c1-3-25-9-4-5-16(25)13-24-19(21)23-12-15-6-7-18(17(20)11-15)26-10-8-22-14(26)2;/h6-8,10-11,16H,3-5,9,12-13H2,1-2H3,(H3,21,23,24);1H. The van der Waals surface area contributed by atoms with E-state index in [0.29, 0.717) is 24.2 Å². The molecule has 2 aromatic rings. The Morgan fingerprint density at radius 1 is 1.44 bits per heavy atom. The van der Waals surface area contributed by atoms with E-state index in [0.717, 1.165) is 31.0 Å². The van der Waals surface area contributed by atoms with Gasteiger partial charge in [0, 0.05) is 25.0 Å². The molecule has 0 radical (unpaired) electrons. The summed E-state index contributed by atoms with van der Waals surface area (Å²) >= 11 is 0. The summed E-state index contributed by atoms with van der Waals surface area (Å²) in [4.78, 5) is 10.9. The van der Waals surface area contributed by atoms with Crippen molar-refractivity contribution in [3.05, 3.63) is 47.8 Å². The summed E-state index contributed by atoms with van der Waals surface area (Å²) in [6.07, 6.45) is 5.83. The Hall–Kier alpha value is -1.68. The van der Waals surface area contributed by atoms with Crippen molar-refractivity contribution in [3.63, 3.8) is 0 Å². The van der Waals surface area contributed by atoms with Gasteiger partial charge in [-0.2, -0.15) is 0 Å². The fraction of sp³-hybridized carbons (Fsp3) is 0.474. The summed E-state index contributed by atoms with van der Waals surface area (Å²) in [5.41, 5.74) is 7.23. The molecule has 3 rings (SSSR count). The molecule has 0 spiro atoms. The molecule has 3 N–H and O–H groups in total. The number of aliphatic imine (C=N–C) groups is 1. The lowest BCUT2D eigenvalue weighted by Crippen LogP contribution is -2.42. The van der Waals surface area contributed by atoms with Gasteiger partial charge in [0.25, 0.3) is 0 Å². The molecule has 0 aliphatic carbocycles. The number of halogens is 2. The highest BCUT2D eigenvalue weighted by atomic mass is 127. The third-order valence-electron chi connectivity index (χ3n) is 4.95. The smallest absolute Gasteiger partial charge is 0.188 e. The zero-order valence-corrected chi connectivity index (χ0v) is 18.2. The van der Waals surface area contributed by atoms with E-state index in [1.165, 1.54) is 18.9 Å². The van der Waals surface area contributed by atoms with Crippen molar-refractivity contribution in [1.82, 2.24) is 19.8 Å². The first-order valence-corrected chi connectivity index (χ1v) is 9.15. The minimum absolute atomic E-state index is 0. The fourth-order valence-electron chi connectivity index (χ4n) is 3.47. The molecule has 1 unspecified atom stereocenters. The summed E-state index contributed by atoms with van der Waals surface area (Å²) in [7, 11) is 0. The summed E-state index contributed by atoms with van der Waals surface area (Å²) in [6.45, 7) is 7.39. The van der Waals surface area contributed by atoms with Gasteiger partial charge in [0.05, 0.1) is 12.2 Å². The van der Waals surface area contributed by atoms with Crippen LogP contribution in [-0.4, -0.2) is 46.1 Å². The van der Waals surface area contributed by atoms with Crippen LogP contribution in [-0.2, 0) is 6.54 Å². The Kier molecular flexibility index (Phi) is 8.03. The van der Waals surface area contributed by atoms with Crippen molar-refractivity contribution in [1.29, 1.82) is 0 Å². The maximum atomic E-state index is 14.4. The molecule has 148 valence electrons. The minimum Gasteiger partial charge on any atom is -0.370 e. The normalized spacial score (nSPS) is 17.7. The quantitative estimate of drug-likeness (QED) is 0.375. The van der Waals surface area contributed by atoms with E-state index in [1.807, 2.05) is 13.0 Å². The molecule has 1 aliphatic rings. The molecule has 1 fully saturated rings. The number of nitrogens with two attached hydrogens (primary N) is 1. The van der Waals surface area contributed by atoms with E-state index in [4.69, 9.17) is 5.73 Å². The maximum Gasteiger partial charge on any atom is 0.188 e. The molecule has 1 atom stereocenters. The molecule has 27 heavy (non-hydrogen) atoms. The number of hydrogen-bond donors (Lipinski definition) is 2. The Morgan fingerprint density at radius 3 is 2.93 bits per heavy atom. The number of nitrogens with zero attached hydrogens (tertiary/aromatic N) is 4. The molecule has 1 aliphatic heterocycles. The first-order chi connectivity index (χ1) is 12.6. The number of likely N-dealkylation sites (N-methyl/N-ethyl adjacent to an activating group) is 1. The molecular weight excluding hydrogens is 458 g/mol. The molecule has 0 saturated carbocycles. The van der Waals surface area contributed by atoms with Crippen molar-refractivity contribution in [2.45, 2.75) is 39.3 Å². The summed E-state index contributed by atoms with van der Waals surface area (Å²) < 4.78 is 16.1. The summed E-state index contributed by atoms with van der Waals surface area (Å²) in [5.74, 6) is 0.855. The van der Waals surface area contributed by atoms with E-state index in [9.17, 15) is 4.39 Å². The lowest BCUT2D eigenvalue weighted by atomic mass is 10.2. The predicted octanol–water partition coefficient (Wildman–Crippen LogP) is 2.83. The number of rotatable bonds is 6. The average molecular weight is 486 g/mol. The van der Waals surface area contributed by atoms with Gasteiger partial charge in [-0.3, -0.25) is 4.90 Å². The highest BCUT2D eigenvalue weighted by Gasteiger charge is 2.22. The van der Waals surface area contributed by atoms with Gasteiger partial charge in [0.15, 0.2) is 5.96 Å². The largest absolute Gasteiger partial charge is 0.370 e.